The summed E-state index contributed by atoms with van der Waals surface area (Å²) in [6.07, 6.45) is 0.141. The van der Waals surface area contributed by atoms with Crippen LogP contribution in [-0.2, 0) is 4.79 Å². The van der Waals surface area contributed by atoms with Crippen LogP contribution < -0.4 is 18.1 Å². The Morgan fingerprint density at radius 1 is 1.17 bits per heavy atom. The van der Waals surface area contributed by atoms with E-state index in [0.717, 1.165) is 10.9 Å². The lowest BCUT2D eigenvalue weighted by molar-refractivity contribution is -0.372. The monoisotopic (exact) mass is 265 g/mol. The van der Waals surface area contributed by atoms with E-state index in [4.69, 9.17) is 5.11 Å². The number of aliphatic carboxylic acids is 1. The number of hydrogen-bond donors (Lipinski definition) is 2. The smallest absolute Gasteiger partial charge is 0.304 e. The van der Waals surface area contributed by atoms with Crippen LogP contribution in [0.1, 0.15) is 17.9 Å². The SMILES string of the molecule is [Cl-].[NH3+]CC(CC(=O)O)c1ccc2ccccc2c1. The highest BCUT2D eigenvalue weighted by Gasteiger charge is 2.15. The average Bonchev–Trinajstić information content (AvgIpc) is 2.35. The van der Waals surface area contributed by atoms with Gasteiger partial charge in [0.2, 0.25) is 0 Å². The molecule has 4 N–H and O–H groups in total. The number of carboxylic acids is 1. The largest absolute Gasteiger partial charge is 1.00 e. The first kappa shape index (κ1) is 14.5. The number of carbonyl (C=O) groups is 1. The Balaban J connectivity index is 0.00000162. The Labute approximate surface area is 112 Å². The Morgan fingerprint density at radius 3 is 2.44 bits per heavy atom. The zero-order valence-electron chi connectivity index (χ0n) is 9.97. The molecule has 0 aliphatic carbocycles. The molecule has 1 unspecified atom stereocenters. The van der Waals surface area contributed by atoms with Crippen LogP contribution in [0.25, 0.3) is 10.8 Å². The number of hydrogen-bond acceptors (Lipinski definition) is 1. The normalized spacial score (nSPS) is 11.8. The topological polar surface area (TPSA) is 64.9 Å². The fourth-order valence-electron chi connectivity index (χ4n) is 2.06. The molecule has 4 heteroatoms. The molecule has 1 atom stereocenters. The molecule has 2 aromatic carbocycles. The molecular formula is C14H16ClNO2. The molecule has 0 bridgehead atoms. The Hall–Kier alpha value is -1.58. The van der Waals surface area contributed by atoms with E-state index >= 15 is 0 Å². The van der Waals surface area contributed by atoms with Gasteiger partial charge in [-0.15, -0.1) is 0 Å². The zero-order valence-corrected chi connectivity index (χ0v) is 10.7. The van der Waals surface area contributed by atoms with Gasteiger partial charge in [0.25, 0.3) is 0 Å². The third-order valence-electron chi connectivity index (χ3n) is 3.01. The van der Waals surface area contributed by atoms with Gasteiger partial charge in [-0.3, -0.25) is 4.79 Å². The van der Waals surface area contributed by atoms with Gasteiger partial charge in [0.15, 0.2) is 0 Å². The van der Waals surface area contributed by atoms with Crippen molar-refractivity contribution >= 4 is 16.7 Å². The summed E-state index contributed by atoms with van der Waals surface area (Å²) in [5.74, 6) is -0.774. The van der Waals surface area contributed by atoms with Crippen LogP contribution in [0.3, 0.4) is 0 Å². The number of benzene rings is 2. The third-order valence-corrected chi connectivity index (χ3v) is 3.01. The van der Waals surface area contributed by atoms with Crippen molar-refractivity contribution in [2.45, 2.75) is 12.3 Å². The van der Waals surface area contributed by atoms with Crippen LogP contribution in [0.5, 0.6) is 0 Å². The highest BCUT2D eigenvalue weighted by atomic mass is 35.5. The second-order valence-corrected chi connectivity index (χ2v) is 4.19. The number of quaternary nitrogens is 1. The lowest BCUT2D eigenvalue weighted by atomic mass is 9.94. The first-order valence-corrected chi connectivity index (χ1v) is 5.70. The number of carboxylic acid groups (broad SMARTS) is 1. The van der Waals surface area contributed by atoms with Gasteiger partial charge in [0.1, 0.15) is 0 Å². The molecule has 0 aliphatic rings. The minimum Gasteiger partial charge on any atom is -1.00 e. The predicted molar refractivity (Wildman–Crippen MR) is 66.7 cm³/mol. The summed E-state index contributed by atoms with van der Waals surface area (Å²) in [7, 11) is 0. The lowest BCUT2D eigenvalue weighted by Crippen LogP contribution is -3.00. The first-order chi connectivity index (χ1) is 8.20. The van der Waals surface area contributed by atoms with Crippen LogP contribution >= 0.6 is 0 Å². The van der Waals surface area contributed by atoms with Gasteiger partial charge in [0, 0.05) is 5.92 Å². The van der Waals surface area contributed by atoms with E-state index in [2.05, 4.69) is 17.9 Å². The Morgan fingerprint density at radius 2 is 1.83 bits per heavy atom. The lowest BCUT2D eigenvalue weighted by Gasteiger charge is -2.11. The molecule has 0 saturated heterocycles. The highest BCUT2D eigenvalue weighted by molar-refractivity contribution is 5.83. The zero-order chi connectivity index (χ0) is 12.3. The molecule has 96 valence electrons. The molecule has 0 spiro atoms. The van der Waals surface area contributed by atoms with E-state index < -0.39 is 5.97 Å². The summed E-state index contributed by atoms with van der Waals surface area (Å²) in [6.45, 7) is 0.602. The van der Waals surface area contributed by atoms with Gasteiger partial charge in [-0.25, -0.2) is 0 Å². The van der Waals surface area contributed by atoms with E-state index in [1.165, 1.54) is 5.39 Å². The fourth-order valence-corrected chi connectivity index (χ4v) is 2.06. The standard InChI is InChI=1S/C14H15NO2.ClH/c15-9-13(8-14(16)17)12-6-5-10-3-1-2-4-11(10)7-12;/h1-7,13H,8-9,15H2,(H,16,17);1H. The van der Waals surface area contributed by atoms with Crippen molar-refractivity contribution in [3.63, 3.8) is 0 Å². The molecule has 0 aromatic heterocycles. The second kappa shape index (κ2) is 6.38. The van der Waals surface area contributed by atoms with Crippen molar-refractivity contribution in [1.82, 2.24) is 0 Å². The van der Waals surface area contributed by atoms with Crippen LogP contribution in [0.2, 0.25) is 0 Å². The summed E-state index contributed by atoms with van der Waals surface area (Å²) >= 11 is 0. The van der Waals surface area contributed by atoms with Crippen molar-refractivity contribution in [1.29, 1.82) is 0 Å². The molecule has 0 heterocycles. The van der Waals surface area contributed by atoms with Crippen LogP contribution in [0, 0.1) is 0 Å². The molecule has 0 radical (unpaired) electrons. The predicted octanol–water partition coefficient (Wildman–Crippen LogP) is -1.36. The van der Waals surface area contributed by atoms with E-state index in [-0.39, 0.29) is 24.7 Å². The Kier molecular flexibility index (Phi) is 5.13. The third kappa shape index (κ3) is 3.22. The Bertz CT molecular complexity index is 542. The van der Waals surface area contributed by atoms with Gasteiger partial charge in [-0.1, -0.05) is 42.5 Å². The van der Waals surface area contributed by atoms with Gasteiger partial charge < -0.3 is 23.2 Å². The van der Waals surface area contributed by atoms with E-state index in [0.29, 0.717) is 6.54 Å². The number of fused-ring (bicyclic) bond motifs is 1. The maximum absolute atomic E-state index is 10.8. The summed E-state index contributed by atoms with van der Waals surface area (Å²) in [5.41, 5.74) is 4.89. The molecule has 18 heavy (non-hydrogen) atoms. The minimum absolute atomic E-state index is 0. The summed E-state index contributed by atoms with van der Waals surface area (Å²) in [4.78, 5) is 10.8. The van der Waals surface area contributed by atoms with Crippen molar-refractivity contribution in [2.75, 3.05) is 6.54 Å². The maximum Gasteiger partial charge on any atom is 0.304 e. The first-order valence-electron chi connectivity index (χ1n) is 5.70. The average molecular weight is 266 g/mol. The van der Waals surface area contributed by atoms with E-state index in [1.54, 1.807) is 0 Å². The second-order valence-electron chi connectivity index (χ2n) is 4.19. The molecule has 3 nitrogen and oxygen atoms in total. The minimum atomic E-state index is -0.771. The molecular weight excluding hydrogens is 250 g/mol. The van der Waals surface area contributed by atoms with E-state index in [1.807, 2.05) is 30.3 Å². The van der Waals surface area contributed by atoms with Gasteiger partial charge in [-0.05, 0) is 16.3 Å². The van der Waals surface area contributed by atoms with Crippen molar-refractivity contribution in [2.24, 2.45) is 0 Å². The summed E-state index contributed by atoms with van der Waals surface area (Å²) < 4.78 is 0. The molecule has 0 fully saturated rings. The van der Waals surface area contributed by atoms with Gasteiger partial charge in [0.05, 0.1) is 13.0 Å². The molecule has 0 aliphatic heterocycles. The molecule has 2 rings (SSSR count). The molecule has 0 amide bonds. The molecule has 2 aromatic rings. The van der Waals surface area contributed by atoms with Crippen LogP contribution in [0.4, 0.5) is 0 Å². The van der Waals surface area contributed by atoms with Crippen molar-refractivity contribution in [3.05, 3.63) is 48.0 Å². The highest BCUT2D eigenvalue weighted by Crippen LogP contribution is 2.23. The number of halogens is 1. The van der Waals surface area contributed by atoms with Gasteiger partial charge in [-0.2, -0.15) is 0 Å². The maximum atomic E-state index is 10.8. The van der Waals surface area contributed by atoms with E-state index in [9.17, 15) is 4.79 Å². The molecule has 0 saturated carbocycles. The summed E-state index contributed by atoms with van der Waals surface area (Å²) in [6, 6.07) is 14.2. The van der Waals surface area contributed by atoms with Crippen molar-refractivity contribution in [3.8, 4) is 0 Å². The van der Waals surface area contributed by atoms with Crippen LogP contribution in [0.15, 0.2) is 42.5 Å². The fraction of sp³-hybridized carbons (Fsp3) is 0.214. The van der Waals surface area contributed by atoms with Gasteiger partial charge >= 0.3 is 5.97 Å². The number of rotatable bonds is 4. The van der Waals surface area contributed by atoms with Crippen molar-refractivity contribution < 1.29 is 28.0 Å². The quantitative estimate of drug-likeness (QED) is 0.718. The van der Waals surface area contributed by atoms with Crippen LogP contribution in [-0.4, -0.2) is 17.6 Å². The summed E-state index contributed by atoms with van der Waals surface area (Å²) in [5, 5.41) is 11.2.